The summed E-state index contributed by atoms with van der Waals surface area (Å²) in [5.74, 6) is 0.641. The molecule has 0 saturated heterocycles. The molecule has 0 unspecified atom stereocenters. The minimum absolute atomic E-state index is 0.162. The smallest absolute Gasteiger partial charge is 0.162 e. The zero-order chi connectivity index (χ0) is 10.7. The maximum absolute atomic E-state index is 11.7. The van der Waals surface area contributed by atoms with Crippen molar-refractivity contribution in [3.05, 3.63) is 35.9 Å². The van der Waals surface area contributed by atoms with Gasteiger partial charge in [-0.3, -0.25) is 4.79 Å². The third-order valence-electron chi connectivity index (χ3n) is 3.14. The highest BCUT2D eigenvalue weighted by atomic mass is 16.5. The van der Waals surface area contributed by atoms with Gasteiger partial charge in [0.1, 0.15) is 6.10 Å². The Morgan fingerprint density at radius 1 is 1.20 bits per heavy atom. The lowest BCUT2D eigenvalue weighted by atomic mass is 9.82. The van der Waals surface area contributed by atoms with Gasteiger partial charge < -0.3 is 4.74 Å². The third kappa shape index (κ3) is 2.26. The highest BCUT2D eigenvalue weighted by Crippen LogP contribution is 2.31. The van der Waals surface area contributed by atoms with Gasteiger partial charge in [0.15, 0.2) is 5.78 Å². The zero-order valence-electron chi connectivity index (χ0n) is 8.98. The maximum Gasteiger partial charge on any atom is 0.162 e. The van der Waals surface area contributed by atoms with Crippen molar-refractivity contribution in [1.82, 2.24) is 0 Å². The molecule has 1 fully saturated rings. The molecule has 0 radical (unpaired) electrons. The Hall–Kier alpha value is -1.15. The molecule has 15 heavy (non-hydrogen) atoms. The van der Waals surface area contributed by atoms with Crippen molar-refractivity contribution in [3.63, 3.8) is 0 Å². The number of Topliss-reactive ketones (excluding diaryl/α,β-unsaturated/α-hetero) is 1. The van der Waals surface area contributed by atoms with E-state index in [4.69, 9.17) is 4.74 Å². The highest BCUT2D eigenvalue weighted by molar-refractivity contribution is 5.84. The first kappa shape index (κ1) is 10.4. The molecule has 0 N–H and O–H groups in total. The molecule has 1 aromatic carbocycles. The molecule has 2 heteroatoms. The second-order valence-corrected chi connectivity index (χ2v) is 4.08. The van der Waals surface area contributed by atoms with E-state index in [0.29, 0.717) is 12.3 Å². The summed E-state index contributed by atoms with van der Waals surface area (Å²) in [6.07, 6.45) is 2.37. The van der Waals surface area contributed by atoms with Crippen LogP contribution in [0.4, 0.5) is 0 Å². The number of benzene rings is 1. The number of ether oxygens (including phenoxy) is 1. The van der Waals surface area contributed by atoms with E-state index < -0.39 is 0 Å². The van der Waals surface area contributed by atoms with E-state index in [1.165, 1.54) is 5.56 Å². The zero-order valence-corrected chi connectivity index (χ0v) is 8.98. The highest BCUT2D eigenvalue weighted by Gasteiger charge is 2.28. The van der Waals surface area contributed by atoms with E-state index in [0.717, 1.165) is 12.8 Å². The minimum Gasteiger partial charge on any atom is -0.374 e. The van der Waals surface area contributed by atoms with Gasteiger partial charge in [0, 0.05) is 13.5 Å². The van der Waals surface area contributed by atoms with Crippen molar-refractivity contribution in [2.24, 2.45) is 0 Å². The van der Waals surface area contributed by atoms with E-state index in [1.807, 2.05) is 18.2 Å². The average molecular weight is 204 g/mol. The van der Waals surface area contributed by atoms with Gasteiger partial charge in [-0.2, -0.15) is 0 Å². The standard InChI is InChI=1S/C13H16O2/c1-15-13-8-7-11(9-12(13)14)10-5-3-2-4-6-10/h2-6,11,13H,7-9H2,1H3/t11-,13+/m0/s1. The van der Waals surface area contributed by atoms with Crippen LogP contribution in [-0.2, 0) is 9.53 Å². The molecule has 0 spiro atoms. The fourth-order valence-corrected chi connectivity index (χ4v) is 2.25. The number of hydrogen-bond acceptors (Lipinski definition) is 2. The molecule has 1 saturated carbocycles. The van der Waals surface area contributed by atoms with E-state index in [1.54, 1.807) is 7.11 Å². The molecule has 1 aliphatic carbocycles. The lowest BCUT2D eigenvalue weighted by Gasteiger charge is -2.26. The number of methoxy groups -OCH3 is 1. The third-order valence-corrected chi connectivity index (χ3v) is 3.14. The Labute approximate surface area is 90.3 Å². The molecule has 2 atom stereocenters. The van der Waals surface area contributed by atoms with E-state index >= 15 is 0 Å². The van der Waals surface area contributed by atoms with Gasteiger partial charge in [-0.25, -0.2) is 0 Å². The van der Waals surface area contributed by atoms with Crippen LogP contribution in [0.15, 0.2) is 30.3 Å². The van der Waals surface area contributed by atoms with Crippen LogP contribution in [0.1, 0.15) is 30.7 Å². The van der Waals surface area contributed by atoms with E-state index in [2.05, 4.69) is 12.1 Å². The molecule has 80 valence electrons. The Bertz CT molecular complexity index is 332. The average Bonchev–Trinajstić information content (AvgIpc) is 2.30. The normalized spacial score (nSPS) is 26.6. The van der Waals surface area contributed by atoms with Crippen LogP contribution >= 0.6 is 0 Å². The van der Waals surface area contributed by atoms with Crippen molar-refractivity contribution < 1.29 is 9.53 Å². The van der Waals surface area contributed by atoms with Gasteiger partial charge in [0.2, 0.25) is 0 Å². The molecular weight excluding hydrogens is 188 g/mol. The quantitative estimate of drug-likeness (QED) is 0.740. The van der Waals surface area contributed by atoms with Crippen LogP contribution in [-0.4, -0.2) is 19.0 Å². The first-order chi connectivity index (χ1) is 7.31. The van der Waals surface area contributed by atoms with Gasteiger partial charge >= 0.3 is 0 Å². The fourth-order valence-electron chi connectivity index (χ4n) is 2.25. The lowest BCUT2D eigenvalue weighted by molar-refractivity contribution is -0.131. The van der Waals surface area contributed by atoms with Crippen LogP contribution in [0.5, 0.6) is 0 Å². The summed E-state index contributed by atoms with van der Waals surface area (Å²) in [7, 11) is 1.62. The lowest BCUT2D eigenvalue weighted by Crippen LogP contribution is -2.29. The molecule has 2 rings (SSSR count). The van der Waals surface area contributed by atoms with Gasteiger partial charge in [0.05, 0.1) is 0 Å². The number of rotatable bonds is 2. The van der Waals surface area contributed by atoms with Crippen LogP contribution in [0.3, 0.4) is 0 Å². The van der Waals surface area contributed by atoms with Gasteiger partial charge in [-0.15, -0.1) is 0 Å². The molecule has 2 nitrogen and oxygen atoms in total. The van der Waals surface area contributed by atoms with E-state index in [9.17, 15) is 4.79 Å². The summed E-state index contributed by atoms with van der Waals surface area (Å²) in [5, 5.41) is 0. The first-order valence-corrected chi connectivity index (χ1v) is 5.41. The number of carbonyl (C=O) groups is 1. The van der Waals surface area contributed by atoms with Crippen molar-refractivity contribution >= 4 is 5.78 Å². The summed E-state index contributed by atoms with van der Waals surface area (Å²) in [6, 6.07) is 10.3. The Morgan fingerprint density at radius 3 is 2.53 bits per heavy atom. The predicted octanol–water partition coefficient (Wildman–Crippen LogP) is 2.54. The number of hydrogen-bond donors (Lipinski definition) is 0. The summed E-state index contributed by atoms with van der Waals surface area (Å²) in [5.41, 5.74) is 1.28. The monoisotopic (exact) mass is 204 g/mol. The largest absolute Gasteiger partial charge is 0.374 e. The van der Waals surface area contributed by atoms with Crippen LogP contribution in [0, 0.1) is 0 Å². The molecule has 0 heterocycles. The van der Waals surface area contributed by atoms with Gasteiger partial charge in [-0.1, -0.05) is 30.3 Å². The second-order valence-electron chi connectivity index (χ2n) is 4.08. The Morgan fingerprint density at radius 2 is 1.93 bits per heavy atom. The second kappa shape index (κ2) is 4.58. The minimum atomic E-state index is -0.162. The molecular formula is C13H16O2. The van der Waals surface area contributed by atoms with Crippen molar-refractivity contribution in [3.8, 4) is 0 Å². The summed E-state index contributed by atoms with van der Waals surface area (Å²) < 4.78 is 5.14. The van der Waals surface area contributed by atoms with Crippen LogP contribution < -0.4 is 0 Å². The molecule has 0 aliphatic heterocycles. The molecule has 1 aliphatic rings. The maximum atomic E-state index is 11.7. The number of ketones is 1. The Kier molecular flexibility index (Phi) is 3.17. The predicted molar refractivity (Wildman–Crippen MR) is 58.8 cm³/mol. The molecule has 1 aromatic rings. The van der Waals surface area contributed by atoms with Gasteiger partial charge in [-0.05, 0) is 24.3 Å². The first-order valence-electron chi connectivity index (χ1n) is 5.41. The van der Waals surface area contributed by atoms with E-state index in [-0.39, 0.29) is 11.9 Å². The van der Waals surface area contributed by atoms with Crippen molar-refractivity contribution in [2.45, 2.75) is 31.3 Å². The SMILES string of the molecule is CO[C@@H]1CC[C@H](c2ccccc2)CC1=O. The Balaban J connectivity index is 2.06. The van der Waals surface area contributed by atoms with Gasteiger partial charge in [0.25, 0.3) is 0 Å². The van der Waals surface area contributed by atoms with Crippen LogP contribution in [0.25, 0.3) is 0 Å². The van der Waals surface area contributed by atoms with Crippen molar-refractivity contribution in [1.29, 1.82) is 0 Å². The van der Waals surface area contributed by atoms with Crippen LogP contribution in [0.2, 0.25) is 0 Å². The molecule has 0 amide bonds. The summed E-state index contributed by atoms with van der Waals surface area (Å²) in [4.78, 5) is 11.7. The number of carbonyl (C=O) groups excluding carboxylic acids is 1. The topological polar surface area (TPSA) is 26.3 Å². The molecule has 0 aromatic heterocycles. The fraction of sp³-hybridized carbons (Fsp3) is 0.462. The summed E-state index contributed by atoms with van der Waals surface area (Å²) in [6.45, 7) is 0. The molecule has 0 bridgehead atoms. The summed E-state index contributed by atoms with van der Waals surface area (Å²) >= 11 is 0. The van der Waals surface area contributed by atoms with Crippen molar-refractivity contribution in [2.75, 3.05) is 7.11 Å².